The van der Waals surface area contributed by atoms with Crippen LogP contribution >= 0.6 is 0 Å². The topological polar surface area (TPSA) is 114 Å². The molecule has 2 amide bonds. The lowest BCUT2D eigenvalue weighted by Crippen LogP contribution is -2.41. The molecule has 0 bridgehead atoms. The highest BCUT2D eigenvalue weighted by atomic mass is 32.2. The average Bonchev–Trinajstić information content (AvgIpc) is 2.82. The molecule has 9 nitrogen and oxygen atoms in total. The van der Waals surface area contributed by atoms with E-state index in [-0.39, 0.29) is 22.1 Å². The molecule has 2 aromatic carbocycles. The number of hydrazine groups is 1. The van der Waals surface area contributed by atoms with Crippen molar-refractivity contribution < 1.29 is 27.5 Å². The van der Waals surface area contributed by atoms with Gasteiger partial charge in [0.2, 0.25) is 10.0 Å². The zero-order valence-electron chi connectivity index (χ0n) is 19.8. The number of carbonyl (C=O) groups is 2. The molecule has 2 N–H and O–H groups in total. The van der Waals surface area contributed by atoms with Gasteiger partial charge in [-0.05, 0) is 75.1 Å². The van der Waals surface area contributed by atoms with Crippen LogP contribution in [0.3, 0.4) is 0 Å². The summed E-state index contributed by atoms with van der Waals surface area (Å²) in [5.41, 5.74) is 5.17. The molecular formula is C24H31N3O6S. The first-order valence-electron chi connectivity index (χ1n) is 11.2. The van der Waals surface area contributed by atoms with E-state index in [1.807, 2.05) is 13.8 Å². The van der Waals surface area contributed by atoms with E-state index in [1.165, 1.54) is 41.7 Å². The molecule has 2 aromatic rings. The van der Waals surface area contributed by atoms with Gasteiger partial charge in [-0.3, -0.25) is 20.4 Å². The van der Waals surface area contributed by atoms with Crippen molar-refractivity contribution in [2.75, 3.05) is 20.2 Å². The van der Waals surface area contributed by atoms with Gasteiger partial charge in [0.05, 0.1) is 18.1 Å². The molecule has 3 rings (SSSR count). The molecule has 1 fully saturated rings. The van der Waals surface area contributed by atoms with Crippen LogP contribution in [0.5, 0.6) is 11.5 Å². The number of amides is 2. The Bertz CT molecular complexity index is 1120. The van der Waals surface area contributed by atoms with E-state index < -0.39 is 21.8 Å². The first kappa shape index (κ1) is 25.5. The monoisotopic (exact) mass is 489 g/mol. The number of ether oxygens (including phenoxy) is 2. The minimum atomic E-state index is -3.60. The van der Waals surface area contributed by atoms with Crippen molar-refractivity contribution in [1.29, 1.82) is 0 Å². The number of piperidine rings is 1. The van der Waals surface area contributed by atoms with E-state index in [1.54, 1.807) is 12.1 Å². The standard InChI is InChI=1S/C24H31N3O6S/c1-16(2)33-21-10-7-19(15-22(21)32-4)24(29)26-25-23(28)18-5-8-20(9-6-18)34(30,31)27-13-11-17(3)12-14-27/h5-10,15-17H,11-14H2,1-4H3,(H,25,28)(H,26,29). The summed E-state index contributed by atoms with van der Waals surface area (Å²) in [5, 5.41) is 0. The molecule has 0 atom stereocenters. The Morgan fingerprint density at radius 1 is 0.941 bits per heavy atom. The fourth-order valence-corrected chi connectivity index (χ4v) is 5.04. The van der Waals surface area contributed by atoms with E-state index in [0.717, 1.165) is 12.8 Å². The van der Waals surface area contributed by atoms with E-state index in [2.05, 4.69) is 17.8 Å². The molecule has 0 radical (unpaired) electrons. The highest BCUT2D eigenvalue weighted by Crippen LogP contribution is 2.29. The Kier molecular flexibility index (Phi) is 8.16. The maximum atomic E-state index is 12.8. The van der Waals surface area contributed by atoms with Crippen LogP contribution in [-0.4, -0.2) is 50.8 Å². The maximum Gasteiger partial charge on any atom is 0.269 e. The fourth-order valence-electron chi connectivity index (χ4n) is 3.57. The van der Waals surface area contributed by atoms with Crippen molar-refractivity contribution in [3.63, 3.8) is 0 Å². The summed E-state index contributed by atoms with van der Waals surface area (Å²) in [5.74, 6) is 0.303. The zero-order chi connectivity index (χ0) is 24.9. The molecule has 10 heteroatoms. The van der Waals surface area contributed by atoms with Gasteiger partial charge < -0.3 is 9.47 Å². The number of methoxy groups -OCH3 is 1. The summed E-state index contributed by atoms with van der Waals surface area (Å²) in [6.45, 7) is 6.86. The number of benzene rings is 2. The molecule has 1 aliphatic heterocycles. The third-order valence-electron chi connectivity index (χ3n) is 5.57. The minimum absolute atomic E-state index is 0.0576. The lowest BCUT2D eigenvalue weighted by atomic mass is 10.0. The van der Waals surface area contributed by atoms with Crippen LogP contribution in [0.1, 0.15) is 54.3 Å². The molecule has 0 aliphatic carbocycles. The smallest absolute Gasteiger partial charge is 0.269 e. The summed E-state index contributed by atoms with van der Waals surface area (Å²) in [6.07, 6.45) is 1.61. The average molecular weight is 490 g/mol. The molecule has 1 aliphatic rings. The van der Waals surface area contributed by atoms with E-state index >= 15 is 0 Å². The maximum absolute atomic E-state index is 12.8. The Labute approximate surface area is 200 Å². The highest BCUT2D eigenvalue weighted by molar-refractivity contribution is 7.89. The molecule has 0 unspecified atom stereocenters. The Morgan fingerprint density at radius 2 is 1.50 bits per heavy atom. The van der Waals surface area contributed by atoms with Crippen molar-refractivity contribution in [1.82, 2.24) is 15.2 Å². The summed E-state index contributed by atoms with van der Waals surface area (Å²) >= 11 is 0. The number of rotatable bonds is 7. The third-order valence-corrected chi connectivity index (χ3v) is 7.49. The predicted octanol–water partition coefficient (Wildman–Crippen LogP) is 2.98. The molecule has 1 heterocycles. The second-order valence-electron chi connectivity index (χ2n) is 8.55. The third kappa shape index (κ3) is 6.06. The van der Waals surface area contributed by atoms with Gasteiger partial charge in [-0.25, -0.2) is 8.42 Å². The van der Waals surface area contributed by atoms with Gasteiger partial charge in [0.25, 0.3) is 11.8 Å². The lowest BCUT2D eigenvalue weighted by molar-refractivity contribution is 0.0846. The lowest BCUT2D eigenvalue weighted by Gasteiger charge is -2.29. The van der Waals surface area contributed by atoms with Crippen LogP contribution < -0.4 is 20.3 Å². The van der Waals surface area contributed by atoms with Crippen LogP contribution in [0.15, 0.2) is 47.4 Å². The molecule has 1 saturated heterocycles. The van der Waals surface area contributed by atoms with Gasteiger partial charge in [-0.2, -0.15) is 4.31 Å². The molecule has 184 valence electrons. The molecule has 0 spiro atoms. The fraction of sp³-hybridized carbons (Fsp3) is 0.417. The van der Waals surface area contributed by atoms with E-state index in [4.69, 9.17) is 9.47 Å². The van der Waals surface area contributed by atoms with Gasteiger partial charge in [-0.15, -0.1) is 0 Å². The number of carbonyl (C=O) groups excluding carboxylic acids is 2. The van der Waals surface area contributed by atoms with Crippen LogP contribution in [0, 0.1) is 5.92 Å². The van der Waals surface area contributed by atoms with E-state index in [0.29, 0.717) is 30.5 Å². The molecule has 34 heavy (non-hydrogen) atoms. The summed E-state index contributed by atoms with van der Waals surface area (Å²) < 4.78 is 38.0. The van der Waals surface area contributed by atoms with Crippen LogP contribution in [-0.2, 0) is 10.0 Å². The molecular weight excluding hydrogens is 458 g/mol. The quantitative estimate of drug-likeness (QED) is 0.578. The summed E-state index contributed by atoms with van der Waals surface area (Å²) in [6, 6.07) is 10.3. The largest absolute Gasteiger partial charge is 0.493 e. The van der Waals surface area contributed by atoms with Crippen LogP contribution in [0.25, 0.3) is 0 Å². The normalized spacial score (nSPS) is 15.1. The van der Waals surface area contributed by atoms with Crippen molar-refractivity contribution >= 4 is 21.8 Å². The SMILES string of the molecule is COc1cc(C(=O)NNC(=O)c2ccc(S(=O)(=O)N3CCC(C)CC3)cc2)ccc1OC(C)C. The number of hydrogen-bond acceptors (Lipinski definition) is 6. The predicted molar refractivity (Wildman–Crippen MR) is 127 cm³/mol. The first-order valence-corrected chi connectivity index (χ1v) is 12.6. The van der Waals surface area contributed by atoms with Crippen molar-refractivity contribution in [2.45, 2.75) is 44.6 Å². The van der Waals surface area contributed by atoms with Crippen LogP contribution in [0.4, 0.5) is 0 Å². The van der Waals surface area contributed by atoms with Crippen molar-refractivity contribution in [3.05, 3.63) is 53.6 Å². The van der Waals surface area contributed by atoms with E-state index in [9.17, 15) is 18.0 Å². The highest BCUT2D eigenvalue weighted by Gasteiger charge is 2.28. The van der Waals surface area contributed by atoms with Crippen molar-refractivity contribution in [3.8, 4) is 11.5 Å². The van der Waals surface area contributed by atoms with Crippen molar-refractivity contribution in [2.24, 2.45) is 5.92 Å². The van der Waals surface area contributed by atoms with Gasteiger partial charge in [0, 0.05) is 24.2 Å². The number of sulfonamides is 1. The zero-order valence-corrected chi connectivity index (χ0v) is 20.6. The second kappa shape index (κ2) is 10.9. The van der Waals surface area contributed by atoms with Gasteiger partial charge in [0.15, 0.2) is 11.5 Å². The molecule has 0 saturated carbocycles. The van der Waals surface area contributed by atoms with Crippen LogP contribution in [0.2, 0.25) is 0 Å². The summed E-state index contributed by atoms with van der Waals surface area (Å²) in [4.78, 5) is 25.0. The van der Waals surface area contributed by atoms with Gasteiger partial charge in [-0.1, -0.05) is 6.92 Å². The number of hydrogen-bond donors (Lipinski definition) is 2. The Hall–Kier alpha value is -3.11. The summed E-state index contributed by atoms with van der Waals surface area (Å²) in [7, 11) is -2.12. The number of nitrogens with one attached hydrogen (secondary N) is 2. The van der Waals surface area contributed by atoms with Gasteiger partial charge in [0.1, 0.15) is 0 Å². The van der Waals surface area contributed by atoms with Gasteiger partial charge >= 0.3 is 0 Å². The molecule has 0 aromatic heterocycles. The minimum Gasteiger partial charge on any atom is -0.493 e. The first-order chi connectivity index (χ1) is 16.1. The Balaban J connectivity index is 1.61. The number of nitrogens with zero attached hydrogens (tertiary/aromatic N) is 1. The second-order valence-corrected chi connectivity index (χ2v) is 10.5. The Morgan fingerprint density at radius 3 is 2.06 bits per heavy atom.